The molecule has 1 aliphatic heterocycles. The molecule has 5 heteroatoms. The minimum absolute atomic E-state index is 0.451. The lowest BCUT2D eigenvalue weighted by atomic mass is 9.98. The van der Waals surface area contributed by atoms with Gasteiger partial charge in [-0.1, -0.05) is 11.6 Å². The molecule has 0 aliphatic carbocycles. The number of hydrogen-bond donors (Lipinski definition) is 0. The summed E-state index contributed by atoms with van der Waals surface area (Å²) in [6.07, 6.45) is 5.77. The average Bonchev–Trinajstić information content (AvgIpc) is 2.35. The molecule has 1 aromatic rings. The maximum Gasteiger partial charge on any atom is 0.147 e. The van der Waals surface area contributed by atoms with Crippen molar-refractivity contribution >= 4 is 11.6 Å². The third kappa shape index (κ3) is 3.91. The van der Waals surface area contributed by atoms with Crippen molar-refractivity contribution in [1.82, 2.24) is 14.9 Å². The van der Waals surface area contributed by atoms with Gasteiger partial charge in [-0.05, 0) is 31.8 Å². The van der Waals surface area contributed by atoms with E-state index in [1.54, 1.807) is 19.5 Å². The molecular formula is C12H18ClN3O. The number of rotatable bonds is 4. The third-order valence-corrected chi connectivity index (χ3v) is 3.36. The molecule has 1 aliphatic rings. The first kappa shape index (κ1) is 12.7. The van der Waals surface area contributed by atoms with E-state index in [9.17, 15) is 0 Å². The normalized spacial score (nSPS) is 18.5. The van der Waals surface area contributed by atoms with Crippen molar-refractivity contribution in [3.63, 3.8) is 0 Å². The molecule has 0 unspecified atom stereocenters. The van der Waals surface area contributed by atoms with E-state index in [2.05, 4.69) is 14.9 Å². The number of likely N-dealkylation sites (tertiary alicyclic amines) is 1. The molecule has 0 spiro atoms. The number of hydrogen-bond acceptors (Lipinski definition) is 4. The Morgan fingerprint density at radius 3 is 2.71 bits per heavy atom. The summed E-state index contributed by atoms with van der Waals surface area (Å²) < 4.78 is 5.19. The quantitative estimate of drug-likeness (QED) is 0.825. The van der Waals surface area contributed by atoms with Gasteiger partial charge in [0.25, 0.3) is 0 Å². The molecule has 0 bridgehead atoms. The number of piperidine rings is 1. The van der Waals surface area contributed by atoms with E-state index in [1.165, 1.54) is 12.8 Å². The highest BCUT2D eigenvalue weighted by Gasteiger charge is 2.19. The fraction of sp³-hybridized carbons (Fsp3) is 0.667. The maximum atomic E-state index is 5.71. The number of ether oxygens (including phenoxy) is 1. The van der Waals surface area contributed by atoms with Crippen molar-refractivity contribution in [1.29, 1.82) is 0 Å². The highest BCUT2D eigenvalue weighted by atomic mass is 35.5. The molecule has 2 rings (SSSR count). The van der Waals surface area contributed by atoms with Gasteiger partial charge in [0.2, 0.25) is 0 Å². The predicted molar refractivity (Wildman–Crippen MR) is 66.9 cm³/mol. The molecule has 1 fully saturated rings. The average molecular weight is 256 g/mol. The Morgan fingerprint density at radius 2 is 2.12 bits per heavy atom. The molecule has 0 amide bonds. The van der Waals surface area contributed by atoms with Crippen LogP contribution in [0.2, 0.25) is 5.15 Å². The highest BCUT2D eigenvalue weighted by Crippen LogP contribution is 2.18. The summed E-state index contributed by atoms with van der Waals surface area (Å²) in [4.78, 5) is 10.7. The van der Waals surface area contributed by atoms with Crippen LogP contribution in [-0.4, -0.2) is 41.7 Å². The molecule has 0 N–H and O–H groups in total. The van der Waals surface area contributed by atoms with Crippen LogP contribution in [0.4, 0.5) is 0 Å². The summed E-state index contributed by atoms with van der Waals surface area (Å²) in [5, 5.41) is 0.451. The second-order valence-electron chi connectivity index (χ2n) is 4.51. The Balaban J connectivity index is 1.79. The number of halogens is 1. The third-order valence-electron chi connectivity index (χ3n) is 3.17. The number of nitrogens with zero attached hydrogens (tertiary/aromatic N) is 3. The second-order valence-corrected chi connectivity index (χ2v) is 4.89. The lowest BCUT2D eigenvalue weighted by Gasteiger charge is -2.31. The van der Waals surface area contributed by atoms with Gasteiger partial charge in [0.05, 0.1) is 18.1 Å². The minimum atomic E-state index is 0.451. The molecule has 2 heterocycles. The number of methoxy groups -OCH3 is 1. The molecule has 94 valence electrons. The highest BCUT2D eigenvalue weighted by molar-refractivity contribution is 6.29. The Labute approximate surface area is 107 Å². The van der Waals surface area contributed by atoms with Crippen molar-refractivity contribution < 1.29 is 4.74 Å². The molecule has 1 saturated heterocycles. The van der Waals surface area contributed by atoms with Crippen molar-refractivity contribution in [3.05, 3.63) is 23.2 Å². The van der Waals surface area contributed by atoms with Crippen molar-refractivity contribution in [2.45, 2.75) is 19.4 Å². The summed E-state index contributed by atoms with van der Waals surface area (Å²) in [5.41, 5.74) is 0.986. The summed E-state index contributed by atoms with van der Waals surface area (Å²) in [5.74, 6) is 0.715. The van der Waals surface area contributed by atoms with E-state index in [4.69, 9.17) is 16.3 Å². The smallest absolute Gasteiger partial charge is 0.147 e. The molecule has 17 heavy (non-hydrogen) atoms. The summed E-state index contributed by atoms with van der Waals surface area (Å²) in [7, 11) is 1.77. The van der Waals surface area contributed by atoms with Crippen LogP contribution in [0.15, 0.2) is 12.4 Å². The Morgan fingerprint density at radius 1 is 1.35 bits per heavy atom. The van der Waals surface area contributed by atoms with Gasteiger partial charge in [-0.25, -0.2) is 4.98 Å². The molecule has 4 nitrogen and oxygen atoms in total. The van der Waals surface area contributed by atoms with Crippen LogP contribution in [0.1, 0.15) is 18.5 Å². The van der Waals surface area contributed by atoms with Crippen molar-refractivity contribution in [2.24, 2.45) is 5.92 Å². The molecule has 1 aromatic heterocycles. The lowest BCUT2D eigenvalue weighted by molar-refractivity contribution is 0.0963. The molecular weight excluding hydrogens is 238 g/mol. The van der Waals surface area contributed by atoms with E-state index < -0.39 is 0 Å². The molecule has 0 aromatic carbocycles. The first-order valence-corrected chi connectivity index (χ1v) is 6.33. The van der Waals surface area contributed by atoms with Crippen LogP contribution in [-0.2, 0) is 11.3 Å². The van der Waals surface area contributed by atoms with E-state index in [0.717, 1.165) is 31.9 Å². The van der Waals surface area contributed by atoms with Gasteiger partial charge >= 0.3 is 0 Å². The topological polar surface area (TPSA) is 38.2 Å². The predicted octanol–water partition coefficient (Wildman–Crippen LogP) is 1.99. The van der Waals surface area contributed by atoms with E-state index >= 15 is 0 Å². The Hall–Kier alpha value is -0.710. The van der Waals surface area contributed by atoms with E-state index in [1.807, 2.05) is 0 Å². The van der Waals surface area contributed by atoms with Gasteiger partial charge in [0, 0.05) is 20.3 Å². The van der Waals surface area contributed by atoms with Crippen LogP contribution < -0.4 is 0 Å². The first-order chi connectivity index (χ1) is 8.28. The number of aromatic nitrogens is 2. The standard InChI is InChI=1S/C12H18ClN3O/c1-17-9-10-2-4-16(5-3-10)8-11-6-15-12(13)7-14-11/h6-7,10H,2-5,8-9H2,1H3. The maximum absolute atomic E-state index is 5.71. The fourth-order valence-corrected chi connectivity index (χ4v) is 2.29. The summed E-state index contributed by atoms with van der Waals surface area (Å²) in [6.45, 7) is 3.97. The zero-order valence-corrected chi connectivity index (χ0v) is 10.9. The van der Waals surface area contributed by atoms with Gasteiger partial charge in [-0.2, -0.15) is 0 Å². The Kier molecular flexibility index (Phi) is 4.71. The summed E-state index contributed by atoms with van der Waals surface area (Å²) >= 11 is 5.71. The summed E-state index contributed by atoms with van der Waals surface area (Å²) in [6, 6.07) is 0. The first-order valence-electron chi connectivity index (χ1n) is 5.95. The molecule has 0 saturated carbocycles. The van der Waals surface area contributed by atoms with Crippen LogP contribution in [0.5, 0.6) is 0 Å². The van der Waals surface area contributed by atoms with Crippen LogP contribution in [0, 0.1) is 5.92 Å². The van der Waals surface area contributed by atoms with Gasteiger partial charge < -0.3 is 4.74 Å². The monoisotopic (exact) mass is 255 g/mol. The van der Waals surface area contributed by atoms with Crippen molar-refractivity contribution in [2.75, 3.05) is 26.8 Å². The molecule has 0 radical (unpaired) electrons. The van der Waals surface area contributed by atoms with Crippen LogP contribution in [0.25, 0.3) is 0 Å². The minimum Gasteiger partial charge on any atom is -0.384 e. The van der Waals surface area contributed by atoms with Gasteiger partial charge in [-0.15, -0.1) is 0 Å². The molecule has 0 atom stereocenters. The SMILES string of the molecule is COCC1CCN(Cc2cnc(Cl)cn2)CC1. The van der Waals surface area contributed by atoms with E-state index in [-0.39, 0.29) is 0 Å². The van der Waals surface area contributed by atoms with Crippen LogP contribution in [0.3, 0.4) is 0 Å². The van der Waals surface area contributed by atoms with Gasteiger partial charge in [0.15, 0.2) is 0 Å². The fourth-order valence-electron chi connectivity index (χ4n) is 2.20. The Bertz CT molecular complexity index is 336. The lowest BCUT2D eigenvalue weighted by Crippen LogP contribution is -2.34. The van der Waals surface area contributed by atoms with E-state index in [0.29, 0.717) is 11.1 Å². The van der Waals surface area contributed by atoms with Gasteiger partial charge in [-0.3, -0.25) is 9.88 Å². The second kappa shape index (κ2) is 6.28. The zero-order chi connectivity index (χ0) is 12.1. The van der Waals surface area contributed by atoms with Gasteiger partial charge in [0.1, 0.15) is 5.15 Å². The van der Waals surface area contributed by atoms with Crippen molar-refractivity contribution in [3.8, 4) is 0 Å². The van der Waals surface area contributed by atoms with Crippen LogP contribution >= 0.6 is 11.6 Å². The largest absolute Gasteiger partial charge is 0.384 e. The zero-order valence-electron chi connectivity index (χ0n) is 10.1.